The predicted molar refractivity (Wildman–Crippen MR) is 47.9 cm³/mol. The summed E-state index contributed by atoms with van der Waals surface area (Å²) >= 11 is 0. The van der Waals surface area contributed by atoms with Gasteiger partial charge in [-0.3, -0.25) is 0 Å². The number of rotatable bonds is 0. The van der Waals surface area contributed by atoms with Gasteiger partial charge in [0.1, 0.15) is 6.04 Å². The smallest absolute Gasteiger partial charge is 0.306 e. The van der Waals surface area contributed by atoms with Gasteiger partial charge in [-0.2, -0.15) is 13.2 Å². The van der Waals surface area contributed by atoms with E-state index in [9.17, 15) is 13.2 Å². The van der Waals surface area contributed by atoms with E-state index in [0.29, 0.717) is 12.5 Å². The van der Waals surface area contributed by atoms with E-state index in [1.165, 1.54) is 0 Å². The molecule has 0 unspecified atom stereocenters. The van der Waals surface area contributed by atoms with Crippen LogP contribution >= 0.6 is 0 Å². The third-order valence-electron chi connectivity index (χ3n) is 3.63. The van der Waals surface area contributed by atoms with Crippen molar-refractivity contribution in [3.63, 3.8) is 0 Å². The standard InChI is InChI=1S/C10H16F3N/c11-10(12,13)9-8-4-2-1-3-7(8)5-6-14-9/h7-9,14H,1-6H2/t7-,8-,9+/m0/s1. The minimum absolute atomic E-state index is 0.155. The van der Waals surface area contributed by atoms with Gasteiger partial charge in [-0.25, -0.2) is 0 Å². The molecule has 82 valence electrons. The molecule has 2 aliphatic rings. The minimum atomic E-state index is -4.05. The Labute approximate surface area is 82.1 Å². The second-order valence-corrected chi connectivity index (χ2v) is 4.47. The fraction of sp³-hybridized carbons (Fsp3) is 1.00. The third kappa shape index (κ3) is 1.90. The first kappa shape index (κ1) is 10.3. The Kier molecular flexibility index (Phi) is 2.73. The maximum atomic E-state index is 12.6. The molecule has 1 saturated carbocycles. The van der Waals surface area contributed by atoms with Crippen LogP contribution in [0, 0.1) is 11.8 Å². The van der Waals surface area contributed by atoms with E-state index in [0.717, 1.165) is 32.1 Å². The van der Waals surface area contributed by atoms with E-state index < -0.39 is 12.2 Å². The van der Waals surface area contributed by atoms with Gasteiger partial charge in [0.05, 0.1) is 0 Å². The Balaban J connectivity index is 2.09. The maximum Gasteiger partial charge on any atom is 0.404 e. The molecule has 4 heteroatoms. The van der Waals surface area contributed by atoms with Crippen LogP contribution < -0.4 is 5.32 Å². The Morgan fingerprint density at radius 1 is 1.00 bits per heavy atom. The highest BCUT2D eigenvalue weighted by atomic mass is 19.4. The van der Waals surface area contributed by atoms with Gasteiger partial charge in [-0.1, -0.05) is 19.3 Å². The van der Waals surface area contributed by atoms with Gasteiger partial charge >= 0.3 is 6.18 Å². The van der Waals surface area contributed by atoms with Crippen molar-refractivity contribution in [2.45, 2.75) is 44.3 Å². The van der Waals surface area contributed by atoms with Crippen LogP contribution in [0.3, 0.4) is 0 Å². The molecule has 3 atom stereocenters. The van der Waals surface area contributed by atoms with Crippen molar-refractivity contribution >= 4 is 0 Å². The summed E-state index contributed by atoms with van der Waals surface area (Å²) in [6.07, 6.45) is 0.708. The van der Waals surface area contributed by atoms with Crippen molar-refractivity contribution in [3.05, 3.63) is 0 Å². The molecule has 1 nitrogen and oxygen atoms in total. The number of piperidine rings is 1. The first-order valence-corrected chi connectivity index (χ1v) is 5.39. The fourth-order valence-electron chi connectivity index (χ4n) is 2.97. The van der Waals surface area contributed by atoms with Crippen LogP contribution in [0.15, 0.2) is 0 Å². The SMILES string of the molecule is FC(F)(F)[C@@H]1NCC[C@@H]2CCCC[C@@H]21. The van der Waals surface area contributed by atoms with E-state index in [-0.39, 0.29) is 5.92 Å². The molecule has 0 radical (unpaired) electrons. The van der Waals surface area contributed by atoms with Crippen molar-refractivity contribution in [1.82, 2.24) is 5.32 Å². The summed E-state index contributed by atoms with van der Waals surface area (Å²) in [6, 6.07) is -1.23. The molecule has 1 heterocycles. The molecule has 1 N–H and O–H groups in total. The zero-order valence-electron chi connectivity index (χ0n) is 8.11. The largest absolute Gasteiger partial charge is 0.404 e. The molecule has 0 amide bonds. The fourth-order valence-corrected chi connectivity index (χ4v) is 2.97. The second-order valence-electron chi connectivity index (χ2n) is 4.47. The molecule has 0 aromatic rings. The van der Waals surface area contributed by atoms with Crippen LogP contribution in [0.2, 0.25) is 0 Å². The van der Waals surface area contributed by atoms with Gasteiger partial charge in [0.15, 0.2) is 0 Å². The van der Waals surface area contributed by atoms with Crippen LogP contribution in [0.4, 0.5) is 13.2 Å². The lowest BCUT2D eigenvalue weighted by Gasteiger charge is -2.42. The van der Waals surface area contributed by atoms with E-state index in [1.54, 1.807) is 0 Å². The van der Waals surface area contributed by atoms with Crippen LogP contribution in [0.5, 0.6) is 0 Å². The number of fused-ring (bicyclic) bond motifs is 1. The summed E-state index contributed by atoms with van der Waals surface area (Å²) in [5.41, 5.74) is 0. The maximum absolute atomic E-state index is 12.6. The molecule has 1 aliphatic carbocycles. The summed E-state index contributed by atoms with van der Waals surface area (Å²) in [5.74, 6) is 0.161. The van der Waals surface area contributed by atoms with Crippen molar-refractivity contribution in [2.24, 2.45) is 11.8 Å². The first-order valence-electron chi connectivity index (χ1n) is 5.39. The number of alkyl halides is 3. The lowest BCUT2D eigenvalue weighted by atomic mass is 9.71. The Morgan fingerprint density at radius 2 is 1.71 bits per heavy atom. The molecule has 0 aromatic heterocycles. The zero-order chi connectivity index (χ0) is 10.2. The molecular weight excluding hydrogens is 191 g/mol. The third-order valence-corrected chi connectivity index (χ3v) is 3.63. The monoisotopic (exact) mass is 207 g/mol. The van der Waals surface area contributed by atoms with E-state index in [4.69, 9.17) is 0 Å². The average Bonchev–Trinajstić information content (AvgIpc) is 2.15. The van der Waals surface area contributed by atoms with Gasteiger partial charge in [-0.15, -0.1) is 0 Å². The lowest BCUT2D eigenvalue weighted by Crippen LogP contribution is -2.54. The van der Waals surface area contributed by atoms with Crippen molar-refractivity contribution in [1.29, 1.82) is 0 Å². The molecule has 14 heavy (non-hydrogen) atoms. The van der Waals surface area contributed by atoms with Crippen LogP contribution in [-0.4, -0.2) is 18.8 Å². The normalized spacial score (nSPS) is 39.2. The highest BCUT2D eigenvalue weighted by Gasteiger charge is 2.48. The zero-order valence-corrected chi connectivity index (χ0v) is 8.11. The predicted octanol–water partition coefficient (Wildman–Crippen LogP) is 2.72. The topological polar surface area (TPSA) is 12.0 Å². The number of halogens is 3. The van der Waals surface area contributed by atoms with Gasteiger partial charge in [0.2, 0.25) is 0 Å². The summed E-state index contributed by atoms with van der Waals surface area (Å²) in [5, 5.41) is 2.63. The minimum Gasteiger partial charge on any atom is -0.306 e. The second kappa shape index (κ2) is 3.72. The van der Waals surface area contributed by atoms with Gasteiger partial charge in [0, 0.05) is 0 Å². The average molecular weight is 207 g/mol. The molecule has 0 aromatic carbocycles. The van der Waals surface area contributed by atoms with E-state index in [2.05, 4.69) is 5.32 Å². The first-order chi connectivity index (χ1) is 6.59. The van der Waals surface area contributed by atoms with E-state index >= 15 is 0 Å². The van der Waals surface area contributed by atoms with E-state index in [1.807, 2.05) is 0 Å². The number of hydrogen-bond acceptors (Lipinski definition) is 1. The Bertz CT molecular complexity index is 200. The molecule has 0 bridgehead atoms. The van der Waals surface area contributed by atoms with Crippen molar-refractivity contribution < 1.29 is 13.2 Å². The Morgan fingerprint density at radius 3 is 2.43 bits per heavy atom. The van der Waals surface area contributed by atoms with Crippen LogP contribution in [0.1, 0.15) is 32.1 Å². The highest BCUT2D eigenvalue weighted by Crippen LogP contribution is 2.41. The van der Waals surface area contributed by atoms with Crippen LogP contribution in [0.25, 0.3) is 0 Å². The quantitative estimate of drug-likeness (QED) is 0.644. The van der Waals surface area contributed by atoms with Gasteiger partial charge in [0.25, 0.3) is 0 Å². The van der Waals surface area contributed by atoms with Crippen molar-refractivity contribution in [2.75, 3.05) is 6.54 Å². The molecule has 2 fully saturated rings. The molecule has 0 spiro atoms. The number of nitrogens with one attached hydrogen (secondary N) is 1. The summed E-state index contributed by atoms with van der Waals surface area (Å²) < 4.78 is 37.9. The summed E-state index contributed by atoms with van der Waals surface area (Å²) in [7, 11) is 0. The summed E-state index contributed by atoms with van der Waals surface area (Å²) in [6.45, 7) is 0.533. The number of hydrogen-bond donors (Lipinski definition) is 1. The lowest BCUT2D eigenvalue weighted by molar-refractivity contribution is -0.181. The molecule has 1 aliphatic heterocycles. The molecule has 2 rings (SSSR count). The Hall–Kier alpha value is -0.250. The van der Waals surface area contributed by atoms with Crippen molar-refractivity contribution in [3.8, 4) is 0 Å². The van der Waals surface area contributed by atoms with Gasteiger partial charge in [-0.05, 0) is 31.2 Å². The van der Waals surface area contributed by atoms with Gasteiger partial charge < -0.3 is 5.32 Å². The summed E-state index contributed by atoms with van der Waals surface area (Å²) in [4.78, 5) is 0. The molecular formula is C10H16F3N. The molecule has 1 saturated heterocycles. The highest BCUT2D eigenvalue weighted by molar-refractivity contribution is 4.92. The van der Waals surface area contributed by atoms with Crippen LogP contribution in [-0.2, 0) is 0 Å².